The van der Waals surface area contributed by atoms with Crippen molar-refractivity contribution in [2.45, 2.75) is 0 Å². The van der Waals surface area contributed by atoms with Crippen LogP contribution < -0.4 is 10.1 Å². The van der Waals surface area contributed by atoms with Crippen molar-refractivity contribution >= 4 is 23.3 Å². The minimum atomic E-state index is -0.243. The summed E-state index contributed by atoms with van der Waals surface area (Å²) in [4.78, 5) is 13.4. The van der Waals surface area contributed by atoms with Crippen molar-refractivity contribution in [3.05, 3.63) is 23.2 Å². The zero-order chi connectivity index (χ0) is 13.5. The van der Waals surface area contributed by atoms with Crippen molar-refractivity contribution < 1.29 is 14.3 Å². The summed E-state index contributed by atoms with van der Waals surface area (Å²) >= 11 is 5.88. The van der Waals surface area contributed by atoms with Gasteiger partial charge in [-0.05, 0) is 18.2 Å². The molecule has 18 heavy (non-hydrogen) atoms. The van der Waals surface area contributed by atoms with E-state index < -0.39 is 0 Å². The molecule has 0 bridgehead atoms. The molecule has 0 heterocycles. The second-order valence-corrected chi connectivity index (χ2v) is 4.13. The highest BCUT2D eigenvalue weighted by Gasteiger charge is 2.11. The predicted molar refractivity (Wildman–Crippen MR) is 71.5 cm³/mol. The molecule has 0 aromatic heterocycles. The first-order valence-corrected chi connectivity index (χ1v) is 5.81. The van der Waals surface area contributed by atoms with Gasteiger partial charge in [0.05, 0.1) is 19.4 Å². The molecule has 1 aromatic rings. The zero-order valence-electron chi connectivity index (χ0n) is 10.7. The fourth-order valence-electron chi connectivity index (χ4n) is 1.32. The minimum absolute atomic E-state index is 0.243. The van der Waals surface area contributed by atoms with Gasteiger partial charge in [-0.25, -0.2) is 4.79 Å². The average Bonchev–Trinajstić information content (AvgIpc) is 2.36. The highest BCUT2D eigenvalue weighted by atomic mass is 35.5. The number of hydrogen-bond acceptors (Lipinski definition) is 3. The Kier molecular flexibility index (Phi) is 5.74. The highest BCUT2D eigenvalue weighted by molar-refractivity contribution is 6.31. The van der Waals surface area contributed by atoms with E-state index in [2.05, 4.69) is 5.32 Å². The molecule has 1 aromatic carbocycles. The van der Waals surface area contributed by atoms with Gasteiger partial charge < -0.3 is 19.7 Å². The van der Waals surface area contributed by atoms with Gasteiger partial charge in [0, 0.05) is 25.7 Å². The molecule has 0 aliphatic rings. The van der Waals surface area contributed by atoms with Crippen LogP contribution in [0.5, 0.6) is 5.75 Å². The Morgan fingerprint density at radius 3 is 2.78 bits per heavy atom. The third-order valence-corrected chi connectivity index (χ3v) is 2.62. The summed E-state index contributed by atoms with van der Waals surface area (Å²) in [6.45, 7) is 0.988. The molecule has 1 N–H and O–H groups in total. The van der Waals surface area contributed by atoms with E-state index in [4.69, 9.17) is 21.1 Å². The van der Waals surface area contributed by atoms with Crippen LogP contribution in [0.3, 0.4) is 0 Å². The Morgan fingerprint density at radius 1 is 1.44 bits per heavy atom. The molecule has 0 radical (unpaired) electrons. The van der Waals surface area contributed by atoms with Crippen LogP contribution in [0.15, 0.2) is 18.2 Å². The number of halogens is 1. The largest absolute Gasteiger partial charge is 0.495 e. The van der Waals surface area contributed by atoms with Gasteiger partial charge in [-0.3, -0.25) is 0 Å². The van der Waals surface area contributed by atoms with Gasteiger partial charge in [0.15, 0.2) is 0 Å². The lowest BCUT2D eigenvalue weighted by Crippen LogP contribution is -2.33. The van der Waals surface area contributed by atoms with Crippen LogP contribution in [-0.4, -0.2) is 45.3 Å². The van der Waals surface area contributed by atoms with Gasteiger partial charge in [0.25, 0.3) is 0 Å². The minimum Gasteiger partial charge on any atom is -0.495 e. The number of rotatable bonds is 5. The number of methoxy groups -OCH3 is 2. The summed E-state index contributed by atoms with van der Waals surface area (Å²) in [5, 5.41) is 3.27. The molecule has 0 aliphatic heterocycles. The third kappa shape index (κ3) is 4.09. The number of ether oxygens (including phenoxy) is 2. The average molecular weight is 273 g/mol. The number of likely N-dealkylation sites (N-methyl/N-ethyl adjacent to an activating group) is 1. The maximum absolute atomic E-state index is 11.9. The number of nitrogens with zero attached hydrogens (tertiary/aromatic N) is 1. The van der Waals surface area contributed by atoms with E-state index in [1.807, 2.05) is 0 Å². The second-order valence-electron chi connectivity index (χ2n) is 3.69. The summed E-state index contributed by atoms with van der Waals surface area (Å²) in [5.74, 6) is 0.563. The number of carbonyl (C=O) groups excluding carboxylic acids is 1. The highest BCUT2D eigenvalue weighted by Crippen LogP contribution is 2.27. The molecule has 0 fully saturated rings. The monoisotopic (exact) mass is 272 g/mol. The van der Waals surface area contributed by atoms with Gasteiger partial charge in [-0.15, -0.1) is 0 Å². The molecular weight excluding hydrogens is 256 g/mol. The normalized spacial score (nSPS) is 10.0. The van der Waals surface area contributed by atoms with Crippen LogP contribution in [0.1, 0.15) is 0 Å². The Morgan fingerprint density at radius 2 is 2.17 bits per heavy atom. The number of hydrogen-bond donors (Lipinski definition) is 1. The van der Waals surface area contributed by atoms with Crippen molar-refractivity contribution in [3.8, 4) is 5.75 Å². The molecule has 2 amide bonds. The lowest BCUT2D eigenvalue weighted by molar-refractivity contribution is 0.165. The first kappa shape index (κ1) is 14.6. The molecule has 6 heteroatoms. The van der Waals surface area contributed by atoms with Crippen molar-refractivity contribution in [2.24, 2.45) is 0 Å². The molecule has 0 atom stereocenters. The summed E-state index contributed by atoms with van der Waals surface area (Å²) in [7, 11) is 4.81. The number of carbonyl (C=O) groups is 1. The van der Waals surface area contributed by atoms with E-state index in [0.29, 0.717) is 29.6 Å². The molecule has 1 rings (SSSR count). The zero-order valence-corrected chi connectivity index (χ0v) is 11.5. The van der Waals surface area contributed by atoms with Gasteiger partial charge in [-0.2, -0.15) is 0 Å². The molecular formula is C12H17ClN2O3. The topological polar surface area (TPSA) is 50.8 Å². The fraction of sp³-hybridized carbons (Fsp3) is 0.417. The summed E-state index contributed by atoms with van der Waals surface area (Å²) in [5.41, 5.74) is 0.541. The van der Waals surface area contributed by atoms with Crippen LogP contribution in [0.25, 0.3) is 0 Å². The van der Waals surface area contributed by atoms with E-state index in [-0.39, 0.29) is 6.03 Å². The second kappa shape index (κ2) is 7.08. The first-order valence-electron chi connectivity index (χ1n) is 5.43. The molecule has 5 nitrogen and oxygen atoms in total. The predicted octanol–water partition coefficient (Wildman–Crippen LogP) is 2.46. The Labute approximate surface area is 112 Å². The lowest BCUT2D eigenvalue weighted by atomic mass is 10.3. The van der Waals surface area contributed by atoms with Gasteiger partial charge in [-0.1, -0.05) is 11.6 Å². The third-order valence-electron chi connectivity index (χ3n) is 2.38. The summed E-state index contributed by atoms with van der Waals surface area (Å²) in [6, 6.07) is 4.80. The lowest BCUT2D eigenvalue weighted by Gasteiger charge is -2.18. The van der Waals surface area contributed by atoms with Gasteiger partial charge in [0.1, 0.15) is 5.75 Å². The van der Waals surface area contributed by atoms with E-state index in [9.17, 15) is 4.79 Å². The Hall–Kier alpha value is -1.46. The van der Waals surface area contributed by atoms with Crippen molar-refractivity contribution in [2.75, 3.05) is 39.7 Å². The van der Waals surface area contributed by atoms with E-state index in [0.717, 1.165) is 0 Å². The van der Waals surface area contributed by atoms with Crippen LogP contribution in [-0.2, 0) is 4.74 Å². The van der Waals surface area contributed by atoms with Crippen molar-refractivity contribution in [1.29, 1.82) is 0 Å². The molecule has 0 unspecified atom stereocenters. The van der Waals surface area contributed by atoms with Crippen LogP contribution >= 0.6 is 11.6 Å². The van der Waals surface area contributed by atoms with Crippen LogP contribution in [0, 0.1) is 0 Å². The van der Waals surface area contributed by atoms with Gasteiger partial charge >= 0.3 is 6.03 Å². The summed E-state index contributed by atoms with van der Waals surface area (Å²) in [6.07, 6.45) is 0. The van der Waals surface area contributed by atoms with Gasteiger partial charge in [0.2, 0.25) is 0 Å². The summed E-state index contributed by atoms with van der Waals surface area (Å²) < 4.78 is 10.1. The number of amides is 2. The molecule has 0 saturated carbocycles. The Bertz CT molecular complexity index is 412. The fourth-order valence-corrected chi connectivity index (χ4v) is 1.49. The molecule has 0 saturated heterocycles. The van der Waals surface area contributed by atoms with E-state index in [1.165, 1.54) is 12.0 Å². The van der Waals surface area contributed by atoms with Crippen LogP contribution in [0.2, 0.25) is 5.02 Å². The number of benzene rings is 1. The Balaban J connectivity index is 2.71. The van der Waals surface area contributed by atoms with Crippen molar-refractivity contribution in [3.63, 3.8) is 0 Å². The SMILES string of the molecule is COCCN(C)C(=O)Nc1cc(Cl)ccc1OC. The quantitative estimate of drug-likeness (QED) is 0.896. The smallest absolute Gasteiger partial charge is 0.321 e. The number of nitrogens with one attached hydrogen (secondary N) is 1. The van der Waals surface area contributed by atoms with E-state index in [1.54, 1.807) is 32.4 Å². The first-order chi connectivity index (χ1) is 8.58. The number of urea groups is 1. The van der Waals surface area contributed by atoms with E-state index >= 15 is 0 Å². The molecule has 100 valence electrons. The van der Waals surface area contributed by atoms with Crippen LogP contribution in [0.4, 0.5) is 10.5 Å². The maximum Gasteiger partial charge on any atom is 0.321 e. The van der Waals surface area contributed by atoms with Crippen molar-refractivity contribution in [1.82, 2.24) is 4.90 Å². The number of anilines is 1. The molecule has 0 aliphatic carbocycles. The standard InChI is InChI=1S/C12H17ClN2O3/c1-15(6-7-17-2)12(16)14-10-8-9(13)4-5-11(10)18-3/h4-5,8H,6-7H2,1-3H3,(H,14,16). The molecule has 0 spiro atoms. The maximum atomic E-state index is 11.9.